The number of hydrogen-bond acceptors (Lipinski definition) is 5. The average molecular weight is 497 g/mol. The lowest BCUT2D eigenvalue weighted by Gasteiger charge is -2.41. The largest absolute Gasteiger partial charge is 0.490 e. The third-order valence-electron chi connectivity index (χ3n) is 7.10. The van der Waals surface area contributed by atoms with Gasteiger partial charge in [0.15, 0.2) is 6.10 Å². The number of aliphatic carboxylic acids is 1. The minimum absolute atomic E-state index is 0.113. The predicted octanol–water partition coefficient (Wildman–Crippen LogP) is 7.05. The molecule has 0 radical (unpaired) electrons. The van der Waals surface area contributed by atoms with Crippen LogP contribution in [0.4, 0.5) is 5.69 Å². The number of nitrogens with zero attached hydrogens (tertiary/aromatic N) is 2. The zero-order valence-electron chi connectivity index (χ0n) is 23.5. The molecule has 6 nitrogen and oxygen atoms in total. The highest BCUT2D eigenvalue weighted by atomic mass is 16.5. The molecule has 36 heavy (non-hydrogen) atoms. The fourth-order valence-corrected chi connectivity index (χ4v) is 4.46. The molecule has 2 heterocycles. The Bertz CT molecular complexity index is 1040. The number of hydrogen-bond donors (Lipinski definition) is 1. The zero-order chi connectivity index (χ0) is 26.8. The first-order valence-electron chi connectivity index (χ1n) is 13.1. The van der Waals surface area contributed by atoms with Crippen molar-refractivity contribution in [3.8, 4) is 16.9 Å². The maximum Gasteiger partial charge on any atom is 0.337 e. The van der Waals surface area contributed by atoms with Crippen LogP contribution in [0, 0.1) is 18.3 Å². The molecule has 0 amide bonds. The summed E-state index contributed by atoms with van der Waals surface area (Å²) in [5.74, 6) is 0.234. The lowest BCUT2D eigenvalue weighted by Crippen LogP contribution is -2.39. The molecule has 1 fully saturated rings. The fraction of sp³-hybridized carbons (Fsp3) is 0.600. The zero-order valence-corrected chi connectivity index (χ0v) is 23.5. The number of carboxylic acids is 1. The van der Waals surface area contributed by atoms with Crippen molar-refractivity contribution in [1.82, 2.24) is 4.98 Å². The number of piperidine rings is 1. The van der Waals surface area contributed by atoms with Crippen LogP contribution in [-0.4, -0.2) is 40.9 Å². The second kappa shape index (κ2) is 10.8. The summed E-state index contributed by atoms with van der Waals surface area (Å²) in [6, 6.07) is 8.04. The van der Waals surface area contributed by atoms with Crippen molar-refractivity contribution in [2.75, 3.05) is 18.0 Å². The summed E-state index contributed by atoms with van der Waals surface area (Å²) in [7, 11) is 0. The summed E-state index contributed by atoms with van der Waals surface area (Å²) in [5.41, 5.74) is 3.77. The van der Waals surface area contributed by atoms with Gasteiger partial charge in [-0.05, 0) is 76.5 Å². The molecule has 198 valence electrons. The minimum Gasteiger partial charge on any atom is -0.490 e. The predicted molar refractivity (Wildman–Crippen MR) is 146 cm³/mol. The van der Waals surface area contributed by atoms with Crippen molar-refractivity contribution in [3.05, 3.63) is 41.7 Å². The third-order valence-corrected chi connectivity index (χ3v) is 7.10. The van der Waals surface area contributed by atoms with Gasteiger partial charge in [-0.25, -0.2) is 4.79 Å². The fourth-order valence-electron chi connectivity index (χ4n) is 4.46. The number of anilines is 1. The van der Waals surface area contributed by atoms with E-state index in [2.05, 4.69) is 44.5 Å². The van der Waals surface area contributed by atoms with E-state index in [9.17, 15) is 9.90 Å². The molecule has 2 atom stereocenters. The second-order valence-corrected chi connectivity index (χ2v) is 12.2. The molecule has 1 aromatic heterocycles. The van der Waals surface area contributed by atoms with Gasteiger partial charge in [0.25, 0.3) is 0 Å². The molecule has 1 N–H and O–H groups in total. The van der Waals surface area contributed by atoms with Crippen LogP contribution in [0.5, 0.6) is 5.75 Å². The summed E-state index contributed by atoms with van der Waals surface area (Å²) in [6.45, 7) is 20.2. The molecule has 1 aliphatic heterocycles. The Labute approximate surface area is 217 Å². The van der Waals surface area contributed by atoms with Crippen LogP contribution in [0.2, 0.25) is 0 Å². The third kappa shape index (κ3) is 6.78. The average Bonchev–Trinajstić information content (AvgIpc) is 2.77. The molecule has 0 spiro atoms. The molecular weight excluding hydrogens is 452 g/mol. The van der Waals surface area contributed by atoms with Gasteiger partial charge in [0, 0.05) is 36.1 Å². The summed E-state index contributed by atoms with van der Waals surface area (Å²) >= 11 is 0. The molecule has 1 aromatic carbocycles. The van der Waals surface area contributed by atoms with E-state index < -0.39 is 17.7 Å². The van der Waals surface area contributed by atoms with Gasteiger partial charge in [-0.2, -0.15) is 0 Å². The van der Waals surface area contributed by atoms with E-state index in [1.54, 1.807) is 0 Å². The van der Waals surface area contributed by atoms with Crippen molar-refractivity contribution < 1.29 is 19.4 Å². The van der Waals surface area contributed by atoms with Crippen molar-refractivity contribution in [3.63, 3.8) is 0 Å². The number of carboxylic acid groups (broad SMARTS) is 1. The monoisotopic (exact) mass is 496 g/mol. The Kier molecular flexibility index (Phi) is 8.39. The molecule has 6 heteroatoms. The molecule has 2 aromatic rings. The molecule has 1 aliphatic rings. The molecule has 0 aliphatic carbocycles. The smallest absolute Gasteiger partial charge is 0.337 e. The Balaban J connectivity index is 2.13. The van der Waals surface area contributed by atoms with Crippen LogP contribution in [0.25, 0.3) is 11.1 Å². The lowest BCUT2D eigenvalue weighted by atomic mass is 9.82. The maximum absolute atomic E-state index is 12.5. The highest BCUT2D eigenvalue weighted by molar-refractivity contribution is 5.86. The van der Waals surface area contributed by atoms with Gasteiger partial charge in [0.05, 0.1) is 17.4 Å². The van der Waals surface area contributed by atoms with Crippen LogP contribution >= 0.6 is 0 Å². The Hall–Kier alpha value is -2.60. The number of ether oxygens (including phenoxy) is 2. The SMILES string of the molecule is Cc1ncc(-c2ccc(O[C@H](C)C(C)C)cc2)c(N2CCC(C)(C)CC2)c1[C@H](OC(C)(C)C)C(=O)O. The molecule has 3 rings (SSSR count). The minimum atomic E-state index is -1.11. The summed E-state index contributed by atoms with van der Waals surface area (Å²) in [4.78, 5) is 19.5. The van der Waals surface area contributed by atoms with Crippen LogP contribution < -0.4 is 9.64 Å². The number of benzene rings is 1. The van der Waals surface area contributed by atoms with Gasteiger partial charge in [0.2, 0.25) is 0 Å². The van der Waals surface area contributed by atoms with E-state index in [0.29, 0.717) is 17.2 Å². The second-order valence-electron chi connectivity index (χ2n) is 12.2. The van der Waals surface area contributed by atoms with Gasteiger partial charge < -0.3 is 19.5 Å². The van der Waals surface area contributed by atoms with E-state index in [1.807, 2.05) is 58.2 Å². The molecule has 1 saturated heterocycles. The Morgan fingerprint density at radius 2 is 1.67 bits per heavy atom. The standard InChI is InChI=1S/C30H44N2O4/c1-19(2)21(4)35-23-12-10-22(11-13-23)24-18-31-20(3)25(27(28(33)34)36-29(5,6)7)26(24)32-16-14-30(8,9)15-17-32/h10-13,18-19,21,27H,14-17H2,1-9H3,(H,33,34)/t21-,27+/m1/s1. The van der Waals surface area contributed by atoms with Gasteiger partial charge in [0.1, 0.15) is 5.75 Å². The van der Waals surface area contributed by atoms with E-state index in [1.165, 1.54) is 0 Å². The van der Waals surface area contributed by atoms with E-state index >= 15 is 0 Å². The van der Waals surface area contributed by atoms with Gasteiger partial charge in [-0.3, -0.25) is 4.98 Å². The molecule has 0 saturated carbocycles. The van der Waals surface area contributed by atoms with Crippen LogP contribution in [0.1, 0.15) is 85.6 Å². The van der Waals surface area contributed by atoms with Crippen LogP contribution in [-0.2, 0) is 9.53 Å². The van der Waals surface area contributed by atoms with Crippen LogP contribution in [0.3, 0.4) is 0 Å². The number of pyridine rings is 1. The topological polar surface area (TPSA) is 71.9 Å². The van der Waals surface area contributed by atoms with E-state index in [-0.39, 0.29) is 11.5 Å². The van der Waals surface area contributed by atoms with Crippen molar-refractivity contribution in [2.45, 2.75) is 93.0 Å². The van der Waals surface area contributed by atoms with Crippen molar-refractivity contribution >= 4 is 11.7 Å². The van der Waals surface area contributed by atoms with Gasteiger partial charge in [-0.1, -0.05) is 39.8 Å². The molecular formula is C30H44N2O4. The summed E-state index contributed by atoms with van der Waals surface area (Å²) in [5, 5.41) is 10.3. The van der Waals surface area contributed by atoms with Gasteiger partial charge >= 0.3 is 5.97 Å². The Morgan fingerprint density at radius 1 is 1.08 bits per heavy atom. The molecule has 0 bridgehead atoms. The quantitative estimate of drug-likeness (QED) is 0.422. The number of aromatic nitrogens is 1. The maximum atomic E-state index is 12.5. The first-order valence-corrected chi connectivity index (χ1v) is 13.1. The first-order chi connectivity index (χ1) is 16.7. The normalized spacial score (nSPS) is 17.7. The van der Waals surface area contributed by atoms with Gasteiger partial charge in [-0.15, -0.1) is 0 Å². The van der Waals surface area contributed by atoms with E-state index in [0.717, 1.165) is 48.5 Å². The van der Waals surface area contributed by atoms with Crippen LogP contribution in [0.15, 0.2) is 30.5 Å². The lowest BCUT2D eigenvalue weighted by molar-refractivity contribution is -0.160. The highest BCUT2D eigenvalue weighted by Gasteiger charge is 2.35. The highest BCUT2D eigenvalue weighted by Crippen LogP contribution is 2.43. The first kappa shape index (κ1) is 28.0. The van der Waals surface area contributed by atoms with Crippen molar-refractivity contribution in [2.24, 2.45) is 11.3 Å². The molecule has 0 unspecified atom stereocenters. The number of aryl methyl sites for hydroxylation is 1. The van der Waals surface area contributed by atoms with Crippen molar-refractivity contribution in [1.29, 1.82) is 0 Å². The summed E-state index contributed by atoms with van der Waals surface area (Å²) in [6.07, 6.45) is 2.94. The van der Waals surface area contributed by atoms with E-state index in [4.69, 9.17) is 9.47 Å². The number of rotatable bonds is 8. The Morgan fingerprint density at radius 3 is 2.17 bits per heavy atom. The summed E-state index contributed by atoms with van der Waals surface area (Å²) < 4.78 is 12.2. The number of carbonyl (C=O) groups is 1.